The molecule has 2 saturated heterocycles. The summed E-state index contributed by atoms with van der Waals surface area (Å²) in [5, 5.41) is 0. The maximum atomic E-state index is 14.3. The lowest BCUT2D eigenvalue weighted by Crippen LogP contribution is -2.67. The average molecular weight is 971 g/mol. The summed E-state index contributed by atoms with van der Waals surface area (Å²) < 4.78 is 61.7. The smallest absolute Gasteiger partial charge is 0.338 e. The Labute approximate surface area is 403 Å². The molecule has 0 aromatic heterocycles. The highest BCUT2D eigenvalue weighted by Gasteiger charge is 2.58. The summed E-state index contributed by atoms with van der Waals surface area (Å²) in [6.07, 6.45) is -14.7. The monoisotopic (exact) mass is 970 g/mol. The van der Waals surface area contributed by atoms with Crippen LogP contribution in [-0.2, 0) is 61.8 Å². The molecule has 69 heavy (non-hydrogen) atoms. The molecule has 6 rings (SSSR count). The lowest BCUT2D eigenvalue weighted by molar-refractivity contribution is -0.336. The third-order valence-electron chi connectivity index (χ3n) is 10.6. The summed E-state index contributed by atoms with van der Waals surface area (Å²) in [4.78, 5) is 95.1. The Morgan fingerprint density at radius 3 is 1.35 bits per heavy atom. The lowest BCUT2D eigenvalue weighted by atomic mass is 9.95. The van der Waals surface area contributed by atoms with Gasteiger partial charge in [0.25, 0.3) is 0 Å². The highest BCUT2D eigenvalue weighted by molar-refractivity contribution is 7.99. The van der Waals surface area contributed by atoms with Crippen LogP contribution in [0.1, 0.15) is 83.0 Å². The second-order valence-electron chi connectivity index (χ2n) is 16.8. The van der Waals surface area contributed by atoms with Gasteiger partial charge in [-0.2, -0.15) is 0 Å². The molecule has 18 heteroatoms. The minimum absolute atomic E-state index is 0.0443. The number of thioether (sulfide) groups is 1. The van der Waals surface area contributed by atoms with Crippen molar-refractivity contribution in [1.29, 1.82) is 0 Å². The average Bonchev–Trinajstić information content (AvgIpc) is 3.34. The molecule has 0 unspecified atom stereocenters. The van der Waals surface area contributed by atoms with Crippen molar-refractivity contribution in [3.63, 3.8) is 0 Å². The number of benzene rings is 4. The van der Waals surface area contributed by atoms with Gasteiger partial charge in [-0.3, -0.25) is 14.4 Å². The number of carbonyl (C=O) groups excluding carboxylic acids is 7. The molecule has 0 N–H and O–H groups in total. The summed E-state index contributed by atoms with van der Waals surface area (Å²) in [5.74, 6) is -5.48. The normalized spacial score (nSPS) is 24.4. The maximum Gasteiger partial charge on any atom is 0.338 e. The summed E-state index contributed by atoms with van der Waals surface area (Å²) >= 11 is 1.20. The van der Waals surface area contributed by atoms with Gasteiger partial charge in [0.2, 0.25) is 0 Å². The Morgan fingerprint density at radius 1 is 0.478 bits per heavy atom. The predicted molar refractivity (Wildman–Crippen MR) is 246 cm³/mol. The van der Waals surface area contributed by atoms with E-state index in [2.05, 4.69) is 0 Å². The zero-order valence-corrected chi connectivity index (χ0v) is 39.6. The van der Waals surface area contributed by atoms with Gasteiger partial charge in [0, 0.05) is 13.8 Å². The zero-order valence-electron chi connectivity index (χ0n) is 38.8. The van der Waals surface area contributed by atoms with E-state index in [1.807, 2.05) is 6.92 Å². The molecule has 0 amide bonds. The molecule has 2 aliphatic heterocycles. The third-order valence-corrected chi connectivity index (χ3v) is 11.6. The molecule has 2 aliphatic rings. The Kier molecular flexibility index (Phi) is 18.1. The van der Waals surface area contributed by atoms with E-state index in [4.69, 9.17) is 47.4 Å². The van der Waals surface area contributed by atoms with E-state index >= 15 is 0 Å². The molecule has 2 fully saturated rings. The first kappa shape index (κ1) is 51.8. The van der Waals surface area contributed by atoms with Crippen molar-refractivity contribution in [3.05, 3.63) is 144 Å². The number of carbonyl (C=O) groups is 7. The molecule has 0 spiro atoms. The van der Waals surface area contributed by atoms with Crippen molar-refractivity contribution in [3.8, 4) is 0 Å². The molecule has 2 heterocycles. The van der Waals surface area contributed by atoms with Crippen LogP contribution in [0.15, 0.2) is 121 Å². The number of rotatable bonds is 17. The van der Waals surface area contributed by atoms with Crippen LogP contribution in [0.2, 0.25) is 0 Å². The van der Waals surface area contributed by atoms with Crippen LogP contribution < -0.4 is 0 Å². The lowest BCUT2D eigenvalue weighted by Gasteiger charge is -2.49. The summed E-state index contributed by atoms with van der Waals surface area (Å²) in [5.41, 5.74) is -1.82. The highest BCUT2D eigenvalue weighted by atomic mass is 32.2. The molecule has 17 nitrogen and oxygen atoms in total. The van der Waals surface area contributed by atoms with Crippen LogP contribution in [-0.4, -0.2) is 121 Å². The van der Waals surface area contributed by atoms with Gasteiger partial charge in [-0.05, 0) is 75.1 Å². The molecular formula is C51H54O17S. The zero-order chi connectivity index (χ0) is 49.7. The quantitative estimate of drug-likeness (QED) is 0.0810. The van der Waals surface area contributed by atoms with Crippen LogP contribution in [0.5, 0.6) is 0 Å². The van der Waals surface area contributed by atoms with E-state index < -0.39 is 121 Å². The number of hydrogen-bond donors (Lipinski definition) is 0. The van der Waals surface area contributed by atoms with E-state index in [0.29, 0.717) is 5.75 Å². The Balaban J connectivity index is 1.54. The predicted octanol–water partition coefficient (Wildman–Crippen LogP) is 6.56. The van der Waals surface area contributed by atoms with Crippen LogP contribution in [0.25, 0.3) is 0 Å². The van der Waals surface area contributed by atoms with Gasteiger partial charge >= 0.3 is 41.8 Å². The first-order chi connectivity index (χ1) is 33.0. The molecule has 0 radical (unpaired) electrons. The molecular weight excluding hydrogens is 917 g/mol. The van der Waals surface area contributed by atoms with Crippen molar-refractivity contribution in [1.82, 2.24) is 0 Å². The van der Waals surface area contributed by atoms with E-state index in [1.54, 1.807) is 93.6 Å². The van der Waals surface area contributed by atoms with Crippen LogP contribution in [0.3, 0.4) is 0 Å². The molecule has 10 atom stereocenters. The summed E-state index contributed by atoms with van der Waals surface area (Å²) in [6, 6.07) is 31.4. The topological polar surface area (TPSA) is 212 Å². The van der Waals surface area contributed by atoms with Crippen LogP contribution >= 0.6 is 11.8 Å². The van der Waals surface area contributed by atoms with Crippen molar-refractivity contribution in [2.45, 2.75) is 102 Å². The fourth-order valence-corrected chi connectivity index (χ4v) is 8.17. The molecule has 0 saturated carbocycles. The van der Waals surface area contributed by atoms with E-state index in [0.717, 1.165) is 6.92 Å². The van der Waals surface area contributed by atoms with Gasteiger partial charge in [0.1, 0.15) is 37.0 Å². The van der Waals surface area contributed by atoms with E-state index in [1.165, 1.54) is 67.2 Å². The molecule has 4 aromatic rings. The minimum Gasteiger partial charge on any atom is -0.463 e. The Hall–Kier alpha value is -6.60. The Bertz CT molecular complexity index is 2380. The number of hydrogen-bond acceptors (Lipinski definition) is 18. The molecule has 4 aromatic carbocycles. The first-order valence-corrected chi connectivity index (χ1v) is 23.2. The number of ether oxygens (including phenoxy) is 10. The largest absolute Gasteiger partial charge is 0.463 e. The number of esters is 7. The summed E-state index contributed by atoms with van der Waals surface area (Å²) in [6.45, 7) is 7.84. The van der Waals surface area contributed by atoms with Crippen LogP contribution in [0, 0.1) is 5.41 Å². The summed E-state index contributed by atoms with van der Waals surface area (Å²) in [7, 11) is 0. The fraction of sp³-hybridized carbons (Fsp3) is 0.392. The van der Waals surface area contributed by atoms with Gasteiger partial charge in [-0.1, -0.05) is 79.7 Å². The van der Waals surface area contributed by atoms with Gasteiger partial charge in [0.15, 0.2) is 36.8 Å². The van der Waals surface area contributed by atoms with Crippen molar-refractivity contribution in [2.24, 2.45) is 5.41 Å². The van der Waals surface area contributed by atoms with Gasteiger partial charge in [-0.25, -0.2) is 19.2 Å². The van der Waals surface area contributed by atoms with Crippen molar-refractivity contribution in [2.75, 3.05) is 19.0 Å². The minimum atomic E-state index is -1.92. The second kappa shape index (κ2) is 24.1. The first-order valence-electron chi connectivity index (χ1n) is 22.1. The molecule has 0 aliphatic carbocycles. The van der Waals surface area contributed by atoms with Crippen molar-refractivity contribution >= 4 is 53.5 Å². The molecule has 366 valence electrons. The van der Waals surface area contributed by atoms with E-state index in [-0.39, 0.29) is 22.3 Å². The van der Waals surface area contributed by atoms with Gasteiger partial charge in [0.05, 0.1) is 27.7 Å². The maximum absolute atomic E-state index is 14.3. The van der Waals surface area contributed by atoms with Crippen LogP contribution in [0.4, 0.5) is 0 Å². The SMILES string of the molecule is CCS[C@@H]1O[C@H](COC(C)=O)[C@@H](OC(C)=O)[C@H](O[C@@H]2O[C@H](COC(=O)c3ccccc3)[C@@H](OC(=O)c3ccccc3)[C@H](OC(=O)c3ccccc3)[C@H]2OC(=O)c2ccccc2)[C@H]1OC(=O)C(C)(C)C. The van der Waals surface area contributed by atoms with Gasteiger partial charge < -0.3 is 47.4 Å². The molecule has 0 bridgehead atoms. The highest BCUT2D eigenvalue weighted by Crippen LogP contribution is 2.39. The standard InChI is InChI=1S/C51H54O17S/c1-7-69-49-43(68-50(58)51(4,5)6)41(38(61-31(3)53)37(63-49)28-59-30(2)52)67-48-42(66-47(57)35-26-18-11-19-27-35)40(65-46(56)34-24-16-10-17-25-34)39(64-45(55)33-22-14-9-15-23-33)36(62-48)29-60-44(54)32-20-12-8-13-21-32/h8-27,36-43,48-49H,7,28-29H2,1-6H3/t36-,37-,38-,39-,40+,41+,42-,43-,48+,49+/m1/s1. The van der Waals surface area contributed by atoms with Gasteiger partial charge in [-0.15, -0.1) is 11.8 Å². The third kappa shape index (κ3) is 14.0. The Morgan fingerprint density at radius 2 is 0.899 bits per heavy atom. The second-order valence-corrected chi connectivity index (χ2v) is 18.2. The fourth-order valence-electron chi connectivity index (χ4n) is 7.22. The van der Waals surface area contributed by atoms with Crippen molar-refractivity contribution < 1.29 is 80.9 Å². The van der Waals surface area contributed by atoms with E-state index in [9.17, 15) is 33.6 Å².